The van der Waals surface area contributed by atoms with E-state index in [0.29, 0.717) is 18.9 Å². The van der Waals surface area contributed by atoms with Crippen LogP contribution in [0.15, 0.2) is 24.3 Å². The van der Waals surface area contributed by atoms with Crippen LogP contribution in [0.2, 0.25) is 0 Å². The lowest BCUT2D eigenvalue weighted by Crippen LogP contribution is -2.30. The van der Waals surface area contributed by atoms with Crippen LogP contribution in [0.25, 0.3) is 0 Å². The standard InChI is InChI=1S/C17H25NO3/c1-11(2)16(19)7-8-18-17(20)15-10-14(15)12-5-4-6-13(9-12)21-3/h4-6,9,11,14-16,19H,7-8,10H2,1-3H3,(H,18,20). The Morgan fingerprint density at radius 1 is 1.48 bits per heavy atom. The second-order valence-electron chi connectivity index (χ2n) is 6.12. The summed E-state index contributed by atoms with van der Waals surface area (Å²) in [6, 6.07) is 7.91. The van der Waals surface area contributed by atoms with Crippen molar-refractivity contribution in [3.63, 3.8) is 0 Å². The molecule has 0 bridgehead atoms. The van der Waals surface area contributed by atoms with E-state index in [2.05, 4.69) is 5.32 Å². The molecule has 2 N–H and O–H groups in total. The SMILES string of the molecule is COc1cccc(C2CC2C(=O)NCCC(O)C(C)C)c1. The van der Waals surface area contributed by atoms with E-state index in [9.17, 15) is 9.90 Å². The Kier molecular flexibility index (Phi) is 5.23. The molecule has 1 aliphatic carbocycles. The molecule has 2 rings (SSSR count). The molecule has 4 nitrogen and oxygen atoms in total. The summed E-state index contributed by atoms with van der Waals surface area (Å²) in [5.41, 5.74) is 1.16. The number of aliphatic hydroxyl groups is 1. The van der Waals surface area contributed by atoms with Gasteiger partial charge in [0, 0.05) is 12.5 Å². The zero-order valence-corrected chi connectivity index (χ0v) is 13.0. The van der Waals surface area contributed by atoms with Crippen LogP contribution in [0.4, 0.5) is 0 Å². The van der Waals surface area contributed by atoms with E-state index in [1.165, 1.54) is 0 Å². The third-order valence-corrected chi connectivity index (χ3v) is 4.16. The summed E-state index contributed by atoms with van der Waals surface area (Å²) in [6.07, 6.45) is 1.16. The van der Waals surface area contributed by atoms with E-state index in [0.717, 1.165) is 17.7 Å². The van der Waals surface area contributed by atoms with Gasteiger partial charge in [0.15, 0.2) is 0 Å². The predicted octanol–water partition coefficient (Wildman–Crippen LogP) is 2.32. The van der Waals surface area contributed by atoms with E-state index >= 15 is 0 Å². The minimum Gasteiger partial charge on any atom is -0.497 e. The van der Waals surface area contributed by atoms with Crippen LogP contribution in [0, 0.1) is 11.8 Å². The van der Waals surface area contributed by atoms with Crippen molar-refractivity contribution in [3.05, 3.63) is 29.8 Å². The Bertz CT molecular complexity index is 487. The van der Waals surface area contributed by atoms with Crippen LogP contribution < -0.4 is 10.1 Å². The number of methoxy groups -OCH3 is 1. The van der Waals surface area contributed by atoms with Crippen LogP contribution in [0.5, 0.6) is 5.75 Å². The van der Waals surface area contributed by atoms with Crippen LogP contribution in [0.1, 0.15) is 38.2 Å². The second kappa shape index (κ2) is 6.94. The number of amides is 1. The molecule has 0 spiro atoms. The maximum atomic E-state index is 12.1. The highest BCUT2D eigenvalue weighted by molar-refractivity contribution is 5.82. The third kappa shape index (κ3) is 4.21. The van der Waals surface area contributed by atoms with Gasteiger partial charge in [-0.1, -0.05) is 26.0 Å². The first-order valence-corrected chi connectivity index (χ1v) is 7.62. The van der Waals surface area contributed by atoms with Crippen molar-refractivity contribution in [1.29, 1.82) is 0 Å². The van der Waals surface area contributed by atoms with Gasteiger partial charge < -0.3 is 15.2 Å². The van der Waals surface area contributed by atoms with Crippen molar-refractivity contribution in [2.24, 2.45) is 11.8 Å². The molecule has 1 aromatic carbocycles. The molecule has 1 fully saturated rings. The molecule has 0 aromatic heterocycles. The Morgan fingerprint density at radius 2 is 2.24 bits per heavy atom. The molecule has 3 unspecified atom stereocenters. The minimum absolute atomic E-state index is 0.0632. The number of carbonyl (C=O) groups excluding carboxylic acids is 1. The van der Waals surface area contributed by atoms with Crippen LogP contribution in [-0.4, -0.2) is 30.8 Å². The van der Waals surface area contributed by atoms with Gasteiger partial charge in [-0.25, -0.2) is 0 Å². The van der Waals surface area contributed by atoms with Gasteiger partial charge in [-0.3, -0.25) is 4.79 Å². The van der Waals surface area contributed by atoms with Gasteiger partial charge >= 0.3 is 0 Å². The fraction of sp³-hybridized carbons (Fsp3) is 0.588. The second-order valence-corrected chi connectivity index (χ2v) is 6.12. The molecule has 0 aliphatic heterocycles. The Labute approximate surface area is 126 Å². The van der Waals surface area contributed by atoms with Gasteiger partial charge in [0.05, 0.1) is 13.2 Å². The number of hydrogen-bond donors (Lipinski definition) is 2. The monoisotopic (exact) mass is 291 g/mol. The first kappa shape index (κ1) is 15.8. The first-order chi connectivity index (χ1) is 10.0. The summed E-state index contributed by atoms with van der Waals surface area (Å²) in [7, 11) is 1.65. The number of carbonyl (C=O) groups is 1. The average molecular weight is 291 g/mol. The highest BCUT2D eigenvalue weighted by Crippen LogP contribution is 2.48. The summed E-state index contributed by atoms with van der Waals surface area (Å²) in [4.78, 5) is 12.1. The molecule has 1 amide bonds. The zero-order chi connectivity index (χ0) is 15.4. The smallest absolute Gasteiger partial charge is 0.223 e. The molecule has 116 valence electrons. The Morgan fingerprint density at radius 3 is 2.90 bits per heavy atom. The van der Waals surface area contributed by atoms with Crippen LogP contribution >= 0.6 is 0 Å². The summed E-state index contributed by atoms with van der Waals surface area (Å²) in [6.45, 7) is 4.50. The molecule has 3 atom stereocenters. The molecule has 1 aromatic rings. The molecule has 0 radical (unpaired) electrons. The highest BCUT2D eigenvalue weighted by Gasteiger charge is 2.43. The van der Waals surface area contributed by atoms with E-state index in [4.69, 9.17) is 4.74 Å². The van der Waals surface area contributed by atoms with Gasteiger partial charge in [0.2, 0.25) is 5.91 Å². The maximum absolute atomic E-state index is 12.1. The maximum Gasteiger partial charge on any atom is 0.223 e. The number of benzene rings is 1. The van der Waals surface area contributed by atoms with Crippen molar-refractivity contribution in [1.82, 2.24) is 5.32 Å². The number of nitrogens with one attached hydrogen (secondary N) is 1. The quantitative estimate of drug-likeness (QED) is 0.810. The predicted molar refractivity (Wildman–Crippen MR) is 82.3 cm³/mol. The van der Waals surface area contributed by atoms with Gasteiger partial charge in [-0.15, -0.1) is 0 Å². The number of aliphatic hydroxyl groups excluding tert-OH is 1. The Hall–Kier alpha value is -1.55. The fourth-order valence-corrected chi connectivity index (χ4v) is 2.53. The number of rotatable bonds is 7. The minimum atomic E-state index is -0.348. The van der Waals surface area contributed by atoms with Crippen molar-refractivity contribution >= 4 is 5.91 Å². The molecule has 0 heterocycles. The van der Waals surface area contributed by atoms with Crippen molar-refractivity contribution in [3.8, 4) is 5.75 Å². The van der Waals surface area contributed by atoms with Crippen LogP contribution in [0.3, 0.4) is 0 Å². The van der Waals surface area contributed by atoms with Crippen molar-refractivity contribution < 1.29 is 14.6 Å². The number of hydrogen-bond acceptors (Lipinski definition) is 3. The van der Waals surface area contributed by atoms with Gasteiger partial charge in [0.25, 0.3) is 0 Å². The van der Waals surface area contributed by atoms with Gasteiger partial charge in [-0.05, 0) is 42.4 Å². The summed E-state index contributed by atoms with van der Waals surface area (Å²) in [5, 5.41) is 12.6. The van der Waals surface area contributed by atoms with E-state index in [1.807, 2.05) is 38.1 Å². The third-order valence-electron chi connectivity index (χ3n) is 4.16. The molecule has 0 saturated heterocycles. The lowest BCUT2D eigenvalue weighted by molar-refractivity contribution is -0.122. The normalized spacial score (nSPS) is 22.0. The van der Waals surface area contributed by atoms with Crippen molar-refractivity contribution in [2.45, 2.75) is 38.7 Å². The van der Waals surface area contributed by atoms with Crippen molar-refractivity contribution in [2.75, 3.05) is 13.7 Å². The molecule has 21 heavy (non-hydrogen) atoms. The molecule has 1 aliphatic rings. The topological polar surface area (TPSA) is 58.6 Å². The average Bonchev–Trinajstić information content (AvgIpc) is 3.27. The molecule has 4 heteroatoms. The van der Waals surface area contributed by atoms with Gasteiger partial charge in [0.1, 0.15) is 5.75 Å². The van der Waals surface area contributed by atoms with E-state index in [-0.39, 0.29) is 23.8 Å². The molecular formula is C17H25NO3. The van der Waals surface area contributed by atoms with Crippen LogP contribution in [-0.2, 0) is 4.79 Å². The zero-order valence-electron chi connectivity index (χ0n) is 13.0. The first-order valence-electron chi connectivity index (χ1n) is 7.62. The number of ether oxygens (including phenoxy) is 1. The lowest BCUT2D eigenvalue weighted by Gasteiger charge is -2.14. The van der Waals surface area contributed by atoms with E-state index < -0.39 is 0 Å². The summed E-state index contributed by atoms with van der Waals surface area (Å²) in [5.74, 6) is 1.52. The Balaban J connectivity index is 1.78. The lowest BCUT2D eigenvalue weighted by atomic mass is 10.0. The largest absolute Gasteiger partial charge is 0.497 e. The van der Waals surface area contributed by atoms with Gasteiger partial charge in [-0.2, -0.15) is 0 Å². The highest BCUT2D eigenvalue weighted by atomic mass is 16.5. The summed E-state index contributed by atoms with van der Waals surface area (Å²) >= 11 is 0. The summed E-state index contributed by atoms with van der Waals surface area (Å²) < 4.78 is 5.21. The molecular weight excluding hydrogens is 266 g/mol. The van der Waals surface area contributed by atoms with E-state index in [1.54, 1.807) is 7.11 Å². The molecule has 1 saturated carbocycles. The fourth-order valence-electron chi connectivity index (χ4n) is 2.53.